The average molecular weight is 275 g/mol. The largest absolute Gasteiger partial charge is 0.379 e. The first-order chi connectivity index (χ1) is 9.69. The highest BCUT2D eigenvalue weighted by Gasteiger charge is 2.31. The van der Waals surface area contributed by atoms with Gasteiger partial charge in [-0.25, -0.2) is 9.97 Å². The molecule has 0 spiro atoms. The molecule has 2 aromatic heterocycles. The van der Waals surface area contributed by atoms with Gasteiger partial charge in [0.1, 0.15) is 11.6 Å². The topological polar surface area (TPSA) is 66.1 Å². The maximum Gasteiger partial charge on any atom is 0.179 e. The number of likely N-dealkylation sites (N-methyl/N-ethyl adjacent to an activating group) is 1. The number of hydrogen-bond acceptors (Lipinski definition) is 5. The van der Waals surface area contributed by atoms with Crippen LogP contribution in [0.2, 0.25) is 0 Å². The summed E-state index contributed by atoms with van der Waals surface area (Å²) in [5.74, 6) is 2.15. The van der Waals surface area contributed by atoms with Crippen LogP contribution in [0.4, 0.5) is 5.82 Å². The Bertz CT molecular complexity index is 594. The van der Waals surface area contributed by atoms with Gasteiger partial charge < -0.3 is 19.9 Å². The monoisotopic (exact) mass is 275 g/mol. The first-order valence-electron chi connectivity index (χ1n) is 7.04. The highest BCUT2D eigenvalue weighted by Crippen LogP contribution is 2.25. The summed E-state index contributed by atoms with van der Waals surface area (Å²) in [4.78, 5) is 14.6. The predicted octanol–water partition coefficient (Wildman–Crippen LogP) is 1.12. The van der Waals surface area contributed by atoms with E-state index in [1.165, 1.54) is 0 Å². The van der Waals surface area contributed by atoms with Gasteiger partial charge in [-0.2, -0.15) is 0 Å². The predicted molar refractivity (Wildman–Crippen MR) is 79.2 cm³/mol. The summed E-state index contributed by atoms with van der Waals surface area (Å²) >= 11 is 0. The van der Waals surface area contributed by atoms with Crippen LogP contribution in [-0.4, -0.2) is 54.8 Å². The van der Waals surface area contributed by atoms with Crippen LogP contribution in [0.25, 0.3) is 11.2 Å². The van der Waals surface area contributed by atoms with Gasteiger partial charge in [-0.3, -0.25) is 0 Å². The number of nitrogens with one attached hydrogen (secondary N) is 2. The third-order valence-electron chi connectivity index (χ3n) is 3.71. The van der Waals surface area contributed by atoms with Crippen molar-refractivity contribution in [2.45, 2.75) is 18.9 Å². The number of aromatic amines is 1. The van der Waals surface area contributed by atoms with E-state index >= 15 is 0 Å². The molecule has 1 saturated heterocycles. The molecule has 0 saturated carbocycles. The molecule has 2 atom stereocenters. The van der Waals surface area contributed by atoms with Crippen molar-refractivity contribution in [3.05, 3.63) is 18.0 Å². The minimum Gasteiger partial charge on any atom is -0.379 e. The van der Waals surface area contributed by atoms with E-state index in [-0.39, 0.29) is 5.92 Å². The minimum atomic E-state index is 0.270. The van der Waals surface area contributed by atoms with Crippen LogP contribution in [0, 0.1) is 0 Å². The van der Waals surface area contributed by atoms with E-state index in [2.05, 4.69) is 27.2 Å². The molecule has 0 bridgehead atoms. The number of anilines is 1. The Morgan fingerprint density at radius 2 is 2.20 bits per heavy atom. The first kappa shape index (κ1) is 13.3. The Kier molecular flexibility index (Phi) is 3.58. The molecule has 3 heterocycles. The fourth-order valence-electron chi connectivity index (χ4n) is 2.61. The van der Waals surface area contributed by atoms with E-state index in [1.54, 1.807) is 0 Å². The third kappa shape index (κ3) is 2.36. The molecule has 1 aliphatic rings. The molecular formula is C14H21N5O. The molecule has 0 amide bonds. The second kappa shape index (κ2) is 5.38. The summed E-state index contributed by atoms with van der Waals surface area (Å²) in [6.45, 7) is 4.50. The van der Waals surface area contributed by atoms with Crippen molar-refractivity contribution in [1.82, 2.24) is 20.3 Å². The van der Waals surface area contributed by atoms with Gasteiger partial charge in [0.05, 0.1) is 24.6 Å². The zero-order chi connectivity index (χ0) is 14.1. The van der Waals surface area contributed by atoms with Crippen molar-refractivity contribution in [2.75, 3.05) is 38.8 Å². The number of ether oxygens (including phenoxy) is 1. The van der Waals surface area contributed by atoms with Crippen LogP contribution < -0.4 is 10.2 Å². The van der Waals surface area contributed by atoms with Crippen LogP contribution in [0.15, 0.2) is 12.1 Å². The Balaban J connectivity index is 1.92. The van der Waals surface area contributed by atoms with Gasteiger partial charge in [-0.1, -0.05) is 6.92 Å². The van der Waals surface area contributed by atoms with Gasteiger partial charge in [-0.15, -0.1) is 0 Å². The standard InChI is InChI=1S/C14H21N5O/c1-4-15-11-8-20-7-9(11)13-16-10-5-6-12(19(2)3)17-14(10)18-13/h5-6,9,11,15H,4,7-8H2,1-3H3,(H,16,17,18). The van der Waals surface area contributed by atoms with E-state index in [0.717, 1.165) is 36.0 Å². The Morgan fingerprint density at radius 1 is 1.35 bits per heavy atom. The van der Waals surface area contributed by atoms with Gasteiger partial charge >= 0.3 is 0 Å². The SMILES string of the molecule is CCNC1COCC1c1nc2nc(N(C)C)ccc2[nH]1. The summed E-state index contributed by atoms with van der Waals surface area (Å²) in [6.07, 6.45) is 0. The molecule has 0 aromatic carbocycles. The summed E-state index contributed by atoms with van der Waals surface area (Å²) in [6, 6.07) is 4.36. The molecule has 2 N–H and O–H groups in total. The van der Waals surface area contributed by atoms with Crippen LogP contribution in [0.1, 0.15) is 18.7 Å². The number of rotatable bonds is 4. The highest BCUT2D eigenvalue weighted by molar-refractivity contribution is 5.73. The van der Waals surface area contributed by atoms with Gasteiger partial charge in [0, 0.05) is 20.1 Å². The maximum atomic E-state index is 5.58. The first-order valence-corrected chi connectivity index (χ1v) is 7.04. The molecule has 2 unspecified atom stereocenters. The molecule has 20 heavy (non-hydrogen) atoms. The number of nitrogens with zero attached hydrogens (tertiary/aromatic N) is 3. The zero-order valence-electron chi connectivity index (χ0n) is 12.2. The summed E-state index contributed by atoms with van der Waals surface area (Å²) in [7, 11) is 3.96. The number of imidazole rings is 1. The van der Waals surface area contributed by atoms with E-state index in [0.29, 0.717) is 12.6 Å². The molecule has 2 aromatic rings. The molecule has 6 nitrogen and oxygen atoms in total. The van der Waals surface area contributed by atoms with Crippen LogP contribution in [0.3, 0.4) is 0 Å². The fraction of sp³-hybridized carbons (Fsp3) is 0.571. The summed E-state index contributed by atoms with van der Waals surface area (Å²) < 4.78 is 5.58. The normalized spacial score (nSPS) is 22.6. The lowest BCUT2D eigenvalue weighted by molar-refractivity contribution is 0.187. The van der Waals surface area contributed by atoms with Crippen LogP contribution >= 0.6 is 0 Å². The molecule has 3 rings (SSSR count). The van der Waals surface area contributed by atoms with Crippen molar-refractivity contribution in [1.29, 1.82) is 0 Å². The van der Waals surface area contributed by atoms with Gasteiger partial charge in [-0.05, 0) is 18.7 Å². The van der Waals surface area contributed by atoms with Gasteiger partial charge in [0.25, 0.3) is 0 Å². The number of hydrogen-bond donors (Lipinski definition) is 2. The number of aromatic nitrogens is 3. The van der Waals surface area contributed by atoms with Gasteiger partial charge in [0.15, 0.2) is 5.65 Å². The van der Waals surface area contributed by atoms with E-state index in [4.69, 9.17) is 4.74 Å². The fourth-order valence-corrected chi connectivity index (χ4v) is 2.61. The molecular weight excluding hydrogens is 254 g/mol. The van der Waals surface area contributed by atoms with Crippen molar-refractivity contribution < 1.29 is 4.74 Å². The Morgan fingerprint density at radius 3 is 2.95 bits per heavy atom. The van der Waals surface area contributed by atoms with E-state index in [9.17, 15) is 0 Å². The summed E-state index contributed by atoms with van der Waals surface area (Å²) in [5.41, 5.74) is 1.75. The number of fused-ring (bicyclic) bond motifs is 1. The van der Waals surface area contributed by atoms with Crippen molar-refractivity contribution in [3.8, 4) is 0 Å². The van der Waals surface area contributed by atoms with Crippen molar-refractivity contribution >= 4 is 17.0 Å². The molecule has 0 radical (unpaired) electrons. The number of pyridine rings is 1. The quantitative estimate of drug-likeness (QED) is 0.875. The zero-order valence-corrected chi connectivity index (χ0v) is 12.2. The van der Waals surface area contributed by atoms with Crippen LogP contribution in [-0.2, 0) is 4.74 Å². The third-order valence-corrected chi connectivity index (χ3v) is 3.71. The molecule has 1 aliphatic heterocycles. The average Bonchev–Trinajstić information content (AvgIpc) is 3.03. The lowest BCUT2D eigenvalue weighted by Crippen LogP contribution is -2.34. The second-order valence-electron chi connectivity index (χ2n) is 5.37. The second-order valence-corrected chi connectivity index (χ2v) is 5.37. The van der Waals surface area contributed by atoms with Gasteiger partial charge in [0.2, 0.25) is 0 Å². The maximum absolute atomic E-state index is 5.58. The lowest BCUT2D eigenvalue weighted by Gasteiger charge is -2.15. The minimum absolute atomic E-state index is 0.270. The molecule has 6 heteroatoms. The lowest BCUT2D eigenvalue weighted by atomic mass is 10.0. The molecule has 108 valence electrons. The van der Waals surface area contributed by atoms with Crippen LogP contribution in [0.5, 0.6) is 0 Å². The molecule has 0 aliphatic carbocycles. The van der Waals surface area contributed by atoms with E-state index in [1.807, 2.05) is 31.1 Å². The Labute approximate surface area is 118 Å². The highest BCUT2D eigenvalue weighted by atomic mass is 16.5. The van der Waals surface area contributed by atoms with E-state index < -0.39 is 0 Å². The molecule has 1 fully saturated rings. The smallest absolute Gasteiger partial charge is 0.179 e. The van der Waals surface area contributed by atoms with Crippen molar-refractivity contribution in [2.24, 2.45) is 0 Å². The number of H-pyrrole nitrogens is 1. The summed E-state index contributed by atoms with van der Waals surface area (Å²) in [5, 5.41) is 3.45. The Hall–Kier alpha value is -1.66. The van der Waals surface area contributed by atoms with Crippen molar-refractivity contribution in [3.63, 3.8) is 0 Å².